The smallest absolute Gasteiger partial charge is 0.293 e. The van der Waals surface area contributed by atoms with E-state index in [4.69, 9.17) is 8.94 Å². The monoisotopic (exact) mass is 323 g/mol. The maximum absolute atomic E-state index is 12.2. The van der Waals surface area contributed by atoms with Crippen LogP contribution in [0.15, 0.2) is 39.5 Å². The third kappa shape index (κ3) is 2.71. The van der Waals surface area contributed by atoms with Crippen LogP contribution in [0.2, 0.25) is 0 Å². The number of aryl methyl sites for hydroxylation is 2. The number of benzene rings is 1. The quantitative estimate of drug-likeness (QED) is 0.796. The van der Waals surface area contributed by atoms with Gasteiger partial charge in [-0.3, -0.25) is 4.79 Å². The van der Waals surface area contributed by atoms with E-state index in [1.165, 1.54) is 5.56 Å². The number of anilines is 1. The summed E-state index contributed by atoms with van der Waals surface area (Å²) in [7, 11) is 0. The average Bonchev–Trinajstić information content (AvgIpc) is 3.25. The molecule has 0 unspecified atom stereocenters. The lowest BCUT2D eigenvalue weighted by Crippen LogP contribution is -2.15. The Bertz CT molecular complexity index is 895. The summed E-state index contributed by atoms with van der Waals surface area (Å²) in [5.41, 5.74) is 4.15. The number of furan rings is 1. The molecule has 2 aromatic heterocycles. The standard InChI is InChI=1S/C18H17N3O3/c1-11-5-2-3-8-14(11)19-16(22)9-15-20-18(24-21-15)17-13-7-4-6-12(13)10-23-17/h2-3,5,8,10H,4,6-7,9H2,1H3,(H,19,22). The first-order chi connectivity index (χ1) is 11.7. The van der Waals surface area contributed by atoms with Crippen LogP contribution in [-0.2, 0) is 24.1 Å². The molecule has 0 bridgehead atoms. The van der Waals surface area contributed by atoms with Crippen LogP contribution in [0.25, 0.3) is 11.7 Å². The molecule has 6 heteroatoms. The predicted molar refractivity (Wildman–Crippen MR) is 87.5 cm³/mol. The lowest BCUT2D eigenvalue weighted by atomic mass is 10.2. The summed E-state index contributed by atoms with van der Waals surface area (Å²) < 4.78 is 10.8. The lowest BCUT2D eigenvalue weighted by Gasteiger charge is -2.06. The maximum Gasteiger partial charge on any atom is 0.293 e. The molecule has 0 saturated carbocycles. The van der Waals surface area contributed by atoms with Gasteiger partial charge in [0.15, 0.2) is 11.6 Å². The van der Waals surface area contributed by atoms with E-state index in [0.717, 1.165) is 36.1 Å². The van der Waals surface area contributed by atoms with Crippen molar-refractivity contribution in [1.29, 1.82) is 0 Å². The summed E-state index contributed by atoms with van der Waals surface area (Å²) in [6, 6.07) is 7.62. The van der Waals surface area contributed by atoms with Crippen LogP contribution >= 0.6 is 0 Å². The summed E-state index contributed by atoms with van der Waals surface area (Å²) in [6.45, 7) is 1.94. The largest absolute Gasteiger partial charge is 0.459 e. The molecule has 1 N–H and O–H groups in total. The molecule has 6 nitrogen and oxygen atoms in total. The van der Waals surface area contributed by atoms with Crippen LogP contribution in [0.4, 0.5) is 5.69 Å². The molecule has 0 radical (unpaired) electrons. The molecule has 4 rings (SSSR count). The Balaban J connectivity index is 1.47. The van der Waals surface area contributed by atoms with E-state index < -0.39 is 0 Å². The highest BCUT2D eigenvalue weighted by atomic mass is 16.5. The molecule has 0 fully saturated rings. The van der Waals surface area contributed by atoms with Gasteiger partial charge in [-0.2, -0.15) is 4.98 Å². The first-order valence-electron chi connectivity index (χ1n) is 7.98. The average molecular weight is 323 g/mol. The molecule has 24 heavy (non-hydrogen) atoms. The van der Waals surface area contributed by atoms with Crippen LogP contribution in [0.5, 0.6) is 0 Å². The highest BCUT2D eigenvalue weighted by Gasteiger charge is 2.24. The second-order valence-electron chi connectivity index (χ2n) is 5.98. The van der Waals surface area contributed by atoms with Gasteiger partial charge in [-0.1, -0.05) is 23.4 Å². The number of amides is 1. The number of rotatable bonds is 4. The molecule has 1 aromatic carbocycles. The predicted octanol–water partition coefficient (Wildman–Crippen LogP) is 3.31. The topological polar surface area (TPSA) is 81.2 Å². The molecule has 1 aliphatic rings. The van der Waals surface area contributed by atoms with E-state index in [0.29, 0.717) is 17.5 Å². The first kappa shape index (κ1) is 14.7. The molecule has 122 valence electrons. The first-order valence-corrected chi connectivity index (χ1v) is 7.98. The van der Waals surface area contributed by atoms with Gasteiger partial charge in [0.05, 0.1) is 12.7 Å². The Morgan fingerprint density at radius 1 is 1.29 bits per heavy atom. The van der Waals surface area contributed by atoms with Crippen LogP contribution < -0.4 is 5.32 Å². The van der Waals surface area contributed by atoms with Crippen LogP contribution in [0.3, 0.4) is 0 Å². The van der Waals surface area contributed by atoms with Gasteiger partial charge >= 0.3 is 0 Å². The molecule has 0 aliphatic heterocycles. The number of aromatic nitrogens is 2. The van der Waals surface area contributed by atoms with Gasteiger partial charge < -0.3 is 14.3 Å². The highest BCUT2D eigenvalue weighted by molar-refractivity contribution is 5.92. The van der Waals surface area contributed by atoms with Gasteiger partial charge in [-0.05, 0) is 43.4 Å². The molecular formula is C18H17N3O3. The number of fused-ring (bicyclic) bond motifs is 1. The normalized spacial score (nSPS) is 13.0. The molecule has 0 saturated heterocycles. The minimum Gasteiger partial charge on any atom is -0.459 e. The van der Waals surface area contributed by atoms with Crippen molar-refractivity contribution in [2.24, 2.45) is 0 Å². The SMILES string of the molecule is Cc1ccccc1NC(=O)Cc1noc(-c2occ3c2CCC3)n1. The number of hydrogen-bond acceptors (Lipinski definition) is 5. The van der Waals surface area contributed by atoms with Crippen molar-refractivity contribution in [3.05, 3.63) is 53.0 Å². The van der Waals surface area contributed by atoms with Gasteiger partial charge in [0, 0.05) is 11.3 Å². The van der Waals surface area contributed by atoms with Crippen molar-refractivity contribution in [2.75, 3.05) is 5.32 Å². The van der Waals surface area contributed by atoms with Gasteiger partial charge in [0.2, 0.25) is 5.91 Å². The molecule has 0 atom stereocenters. The van der Waals surface area contributed by atoms with Crippen LogP contribution in [0.1, 0.15) is 28.9 Å². The van der Waals surface area contributed by atoms with Crippen LogP contribution in [-0.4, -0.2) is 16.0 Å². The van der Waals surface area contributed by atoms with Gasteiger partial charge in [-0.15, -0.1) is 0 Å². The van der Waals surface area contributed by atoms with Crippen molar-refractivity contribution in [3.63, 3.8) is 0 Å². The fraction of sp³-hybridized carbons (Fsp3) is 0.278. The second kappa shape index (κ2) is 5.96. The van der Waals surface area contributed by atoms with E-state index in [2.05, 4.69) is 15.5 Å². The van der Waals surface area contributed by atoms with E-state index >= 15 is 0 Å². The molecule has 1 aliphatic carbocycles. The van der Waals surface area contributed by atoms with Gasteiger partial charge in [-0.25, -0.2) is 0 Å². The second-order valence-corrected chi connectivity index (χ2v) is 5.98. The van der Waals surface area contributed by atoms with E-state index in [1.807, 2.05) is 31.2 Å². The van der Waals surface area contributed by atoms with E-state index in [9.17, 15) is 4.79 Å². The third-order valence-corrected chi connectivity index (χ3v) is 4.25. The Labute approximate surface area is 138 Å². The van der Waals surface area contributed by atoms with Crippen molar-refractivity contribution in [3.8, 4) is 11.7 Å². The number of nitrogens with zero attached hydrogens (tertiary/aromatic N) is 2. The zero-order valence-corrected chi connectivity index (χ0v) is 13.3. The maximum atomic E-state index is 12.2. The van der Waals surface area contributed by atoms with Crippen LogP contribution in [0, 0.1) is 6.92 Å². The number of nitrogens with one attached hydrogen (secondary N) is 1. The Kier molecular flexibility index (Phi) is 3.65. The molecule has 2 heterocycles. The summed E-state index contributed by atoms with van der Waals surface area (Å²) in [4.78, 5) is 16.5. The number of hydrogen-bond donors (Lipinski definition) is 1. The van der Waals surface area contributed by atoms with Gasteiger partial charge in [0.25, 0.3) is 5.89 Å². The lowest BCUT2D eigenvalue weighted by molar-refractivity contribution is -0.115. The zero-order valence-electron chi connectivity index (χ0n) is 13.3. The number of carbonyl (C=O) groups excluding carboxylic acids is 1. The summed E-state index contributed by atoms with van der Waals surface area (Å²) in [5.74, 6) is 1.15. The minimum atomic E-state index is -0.179. The van der Waals surface area contributed by atoms with Crippen molar-refractivity contribution in [2.45, 2.75) is 32.6 Å². The fourth-order valence-electron chi connectivity index (χ4n) is 3.01. The molecule has 1 amide bonds. The van der Waals surface area contributed by atoms with Crippen molar-refractivity contribution < 1.29 is 13.7 Å². The van der Waals surface area contributed by atoms with Crippen molar-refractivity contribution in [1.82, 2.24) is 10.1 Å². The minimum absolute atomic E-state index is 0.0563. The molecular weight excluding hydrogens is 306 g/mol. The van der Waals surface area contributed by atoms with Crippen molar-refractivity contribution >= 4 is 11.6 Å². The van der Waals surface area contributed by atoms with E-state index in [1.54, 1.807) is 6.26 Å². The van der Waals surface area contributed by atoms with Gasteiger partial charge in [0.1, 0.15) is 0 Å². The Hall–Kier alpha value is -2.89. The summed E-state index contributed by atoms with van der Waals surface area (Å²) in [6.07, 6.45) is 4.92. The highest BCUT2D eigenvalue weighted by Crippen LogP contribution is 2.33. The van der Waals surface area contributed by atoms with E-state index in [-0.39, 0.29) is 12.3 Å². The molecule has 0 spiro atoms. The fourth-order valence-corrected chi connectivity index (χ4v) is 3.01. The zero-order chi connectivity index (χ0) is 16.5. The molecule has 3 aromatic rings. The number of carbonyl (C=O) groups is 1. The Morgan fingerprint density at radius 2 is 2.17 bits per heavy atom. The Morgan fingerprint density at radius 3 is 3.04 bits per heavy atom. The third-order valence-electron chi connectivity index (χ3n) is 4.25. The summed E-state index contributed by atoms with van der Waals surface area (Å²) in [5, 5.41) is 6.76. The summed E-state index contributed by atoms with van der Waals surface area (Å²) >= 11 is 0. The number of para-hydroxylation sites is 1.